The second-order valence-electron chi connectivity index (χ2n) is 8.68. The third kappa shape index (κ3) is 4.44. The number of aliphatic hydroxyl groups is 1. The number of alkyl halides is 1. The Kier molecular flexibility index (Phi) is 7.16. The van der Waals surface area contributed by atoms with Gasteiger partial charge in [-0.25, -0.2) is 4.79 Å². The average molecular weight is 432 g/mol. The van der Waals surface area contributed by atoms with Gasteiger partial charge in [-0.1, -0.05) is 11.6 Å². The Labute approximate surface area is 178 Å². The van der Waals surface area contributed by atoms with Gasteiger partial charge in [0.25, 0.3) is 0 Å². The van der Waals surface area contributed by atoms with E-state index in [0.29, 0.717) is 39.1 Å². The number of ether oxygens (including phenoxy) is 4. The summed E-state index contributed by atoms with van der Waals surface area (Å²) in [5.41, 5.74) is -0.608. The summed E-state index contributed by atoms with van der Waals surface area (Å²) in [6, 6.07) is 0. The van der Waals surface area contributed by atoms with E-state index in [9.17, 15) is 9.90 Å². The van der Waals surface area contributed by atoms with E-state index >= 15 is 0 Å². The summed E-state index contributed by atoms with van der Waals surface area (Å²) in [4.78, 5) is 14.2. The van der Waals surface area contributed by atoms with E-state index in [1.807, 2.05) is 20.8 Å². The first-order valence-electron chi connectivity index (χ1n) is 10.4. The molecule has 0 aromatic carbocycles. The fraction of sp³-hybridized carbons (Fsp3) is 0.857. The van der Waals surface area contributed by atoms with Crippen LogP contribution in [0.5, 0.6) is 0 Å². The molecule has 0 radical (unpaired) electrons. The molecule has 2 saturated heterocycles. The lowest BCUT2D eigenvalue weighted by atomic mass is 9.65. The van der Waals surface area contributed by atoms with Gasteiger partial charge in [-0.2, -0.15) is 0 Å². The number of epoxide rings is 1. The van der Waals surface area contributed by atoms with E-state index in [2.05, 4.69) is 6.08 Å². The highest BCUT2D eigenvalue weighted by molar-refractivity contribution is 6.18. The molecule has 7 nitrogen and oxygen atoms in total. The number of morpholine rings is 1. The van der Waals surface area contributed by atoms with Crippen LogP contribution in [0.1, 0.15) is 40.0 Å². The van der Waals surface area contributed by atoms with Gasteiger partial charge in [0.2, 0.25) is 0 Å². The first kappa shape index (κ1) is 22.8. The number of hydrogen-bond acceptors (Lipinski definition) is 6. The zero-order valence-electron chi connectivity index (χ0n) is 17.9. The van der Waals surface area contributed by atoms with Gasteiger partial charge >= 0.3 is 6.09 Å². The fourth-order valence-electron chi connectivity index (χ4n) is 4.72. The van der Waals surface area contributed by atoms with Crippen molar-refractivity contribution in [2.24, 2.45) is 5.92 Å². The van der Waals surface area contributed by atoms with Gasteiger partial charge in [0, 0.05) is 32.0 Å². The summed E-state index contributed by atoms with van der Waals surface area (Å²) in [7, 11) is 1.57. The highest BCUT2D eigenvalue weighted by atomic mass is 35.5. The van der Waals surface area contributed by atoms with E-state index in [-0.39, 0.29) is 18.1 Å². The number of halogens is 1. The van der Waals surface area contributed by atoms with E-state index < -0.39 is 29.3 Å². The van der Waals surface area contributed by atoms with Gasteiger partial charge in [0.05, 0.1) is 19.3 Å². The van der Waals surface area contributed by atoms with Crippen LogP contribution in [-0.4, -0.2) is 84.9 Å². The quantitative estimate of drug-likeness (QED) is 0.395. The highest BCUT2D eigenvalue weighted by Crippen LogP contribution is 2.55. The van der Waals surface area contributed by atoms with Crippen LogP contribution in [0.3, 0.4) is 0 Å². The molecule has 3 fully saturated rings. The first-order chi connectivity index (χ1) is 13.8. The minimum atomic E-state index is -1.14. The number of allylic oxidation sites excluding steroid dienone is 1. The SMILES string of the molecule is COC1C(OC(=O)N2CCOCC2)CCC(O)(C2(C)OC2CC=C(C)C)C1CCl. The molecule has 2 aliphatic heterocycles. The van der Waals surface area contributed by atoms with Gasteiger partial charge in [0.15, 0.2) is 0 Å². The second kappa shape index (κ2) is 9.10. The number of carbonyl (C=O) groups is 1. The molecular formula is C21H34ClNO6. The molecular weight excluding hydrogens is 398 g/mol. The highest BCUT2D eigenvalue weighted by Gasteiger charge is 2.69. The molecule has 1 N–H and O–H groups in total. The maximum Gasteiger partial charge on any atom is 0.410 e. The minimum absolute atomic E-state index is 0.0573. The van der Waals surface area contributed by atoms with Crippen molar-refractivity contribution in [3.63, 3.8) is 0 Å². The third-order valence-electron chi connectivity index (χ3n) is 6.69. The molecule has 6 unspecified atom stereocenters. The number of carbonyl (C=O) groups excluding carboxylic acids is 1. The molecule has 166 valence electrons. The van der Waals surface area contributed by atoms with Crippen molar-refractivity contribution >= 4 is 17.7 Å². The lowest BCUT2D eigenvalue weighted by molar-refractivity contribution is -0.180. The van der Waals surface area contributed by atoms with E-state index in [1.165, 1.54) is 5.57 Å². The Balaban J connectivity index is 1.71. The molecule has 3 rings (SSSR count). The lowest BCUT2D eigenvalue weighted by Gasteiger charge is -2.48. The Bertz CT molecular complexity index is 620. The van der Waals surface area contributed by atoms with Gasteiger partial charge < -0.3 is 29.0 Å². The molecule has 0 aromatic rings. The fourth-order valence-corrected chi connectivity index (χ4v) is 5.16. The molecule has 29 heavy (non-hydrogen) atoms. The molecule has 3 aliphatic rings. The summed E-state index contributed by atoms with van der Waals surface area (Å²) in [6.45, 7) is 8.10. The van der Waals surface area contributed by atoms with Gasteiger partial charge in [-0.05, 0) is 40.0 Å². The van der Waals surface area contributed by atoms with Crippen molar-refractivity contribution in [2.75, 3.05) is 39.3 Å². The summed E-state index contributed by atoms with van der Waals surface area (Å²) in [5.74, 6) is -0.221. The van der Waals surface area contributed by atoms with E-state index in [0.717, 1.165) is 6.42 Å². The summed E-state index contributed by atoms with van der Waals surface area (Å²) in [5, 5.41) is 11.7. The number of rotatable bonds is 6. The van der Waals surface area contributed by atoms with Crippen LogP contribution in [0.4, 0.5) is 4.79 Å². The van der Waals surface area contributed by atoms with Crippen molar-refractivity contribution < 1.29 is 28.8 Å². The van der Waals surface area contributed by atoms with Crippen LogP contribution in [0.15, 0.2) is 11.6 Å². The van der Waals surface area contributed by atoms with Crippen LogP contribution >= 0.6 is 11.6 Å². The zero-order valence-corrected chi connectivity index (χ0v) is 18.6. The van der Waals surface area contributed by atoms with Crippen molar-refractivity contribution in [2.45, 2.75) is 69.5 Å². The van der Waals surface area contributed by atoms with Crippen LogP contribution in [-0.2, 0) is 18.9 Å². The standard InChI is InChI=1S/C21H34ClNO6/c1-14(2)5-6-17-20(3,29-17)21(25)8-7-16(18(26-4)15(21)13-22)28-19(24)23-9-11-27-12-10-23/h5,15-18,25H,6-13H2,1-4H3. The Hall–Kier alpha value is -0.860. The van der Waals surface area contributed by atoms with E-state index in [1.54, 1.807) is 12.0 Å². The predicted octanol–water partition coefficient (Wildman–Crippen LogP) is 2.73. The molecule has 1 aliphatic carbocycles. The van der Waals surface area contributed by atoms with Crippen molar-refractivity contribution in [3.8, 4) is 0 Å². The Morgan fingerprint density at radius 3 is 2.62 bits per heavy atom. The number of nitrogens with zero attached hydrogens (tertiary/aromatic N) is 1. The van der Waals surface area contributed by atoms with Crippen LogP contribution in [0, 0.1) is 5.92 Å². The smallest absolute Gasteiger partial charge is 0.410 e. The van der Waals surface area contributed by atoms with Crippen molar-refractivity contribution in [1.82, 2.24) is 4.90 Å². The Morgan fingerprint density at radius 2 is 2.03 bits per heavy atom. The maximum atomic E-state index is 12.6. The normalized spacial score (nSPS) is 39.7. The molecule has 2 heterocycles. The topological polar surface area (TPSA) is 80.8 Å². The molecule has 6 atom stereocenters. The van der Waals surface area contributed by atoms with Crippen LogP contribution < -0.4 is 0 Å². The van der Waals surface area contributed by atoms with Gasteiger partial charge in [-0.3, -0.25) is 0 Å². The largest absolute Gasteiger partial charge is 0.443 e. The van der Waals surface area contributed by atoms with Crippen molar-refractivity contribution in [3.05, 3.63) is 11.6 Å². The predicted molar refractivity (Wildman–Crippen MR) is 109 cm³/mol. The average Bonchev–Trinajstić information content (AvgIpc) is 3.40. The maximum absolute atomic E-state index is 12.6. The Morgan fingerprint density at radius 1 is 1.34 bits per heavy atom. The summed E-state index contributed by atoms with van der Waals surface area (Å²) >= 11 is 6.32. The summed E-state index contributed by atoms with van der Waals surface area (Å²) < 4.78 is 22.8. The van der Waals surface area contributed by atoms with Crippen LogP contribution in [0.25, 0.3) is 0 Å². The molecule has 0 bridgehead atoms. The number of hydrogen-bond donors (Lipinski definition) is 1. The molecule has 8 heteroatoms. The molecule has 1 amide bonds. The molecule has 0 aromatic heterocycles. The first-order valence-corrected chi connectivity index (χ1v) is 11.0. The number of methoxy groups -OCH3 is 1. The second-order valence-corrected chi connectivity index (χ2v) is 8.99. The minimum Gasteiger partial charge on any atom is -0.443 e. The third-order valence-corrected chi connectivity index (χ3v) is 7.02. The molecule has 0 spiro atoms. The zero-order chi connectivity index (χ0) is 21.2. The van der Waals surface area contributed by atoms with Crippen LogP contribution in [0.2, 0.25) is 0 Å². The van der Waals surface area contributed by atoms with Gasteiger partial charge in [-0.15, -0.1) is 11.6 Å². The monoisotopic (exact) mass is 431 g/mol. The molecule has 1 saturated carbocycles. The summed E-state index contributed by atoms with van der Waals surface area (Å²) in [6.07, 6.45) is 2.42. The van der Waals surface area contributed by atoms with Crippen molar-refractivity contribution in [1.29, 1.82) is 0 Å². The number of amides is 1. The van der Waals surface area contributed by atoms with Gasteiger partial charge in [0.1, 0.15) is 23.4 Å². The van der Waals surface area contributed by atoms with E-state index in [4.69, 9.17) is 30.5 Å². The lowest BCUT2D eigenvalue weighted by Crippen LogP contribution is -2.62.